The van der Waals surface area contributed by atoms with Crippen molar-refractivity contribution in [1.29, 1.82) is 0 Å². The van der Waals surface area contributed by atoms with Gasteiger partial charge in [-0.05, 0) is 18.4 Å². The quantitative estimate of drug-likeness (QED) is 0.377. The fourth-order valence-electron chi connectivity index (χ4n) is 2.28. The van der Waals surface area contributed by atoms with Crippen LogP contribution < -0.4 is 0 Å². The van der Waals surface area contributed by atoms with Crippen molar-refractivity contribution in [1.82, 2.24) is 0 Å². The van der Waals surface area contributed by atoms with E-state index < -0.39 is 12.1 Å². The molecule has 2 bridgehead atoms. The number of rotatable bonds is 1. The highest BCUT2D eigenvalue weighted by Gasteiger charge is 2.46. The fourth-order valence-corrected chi connectivity index (χ4v) is 2.28. The number of aliphatic hydroxyl groups excluding tert-OH is 1. The summed E-state index contributed by atoms with van der Waals surface area (Å²) in [6.07, 6.45) is 1.43. The van der Waals surface area contributed by atoms with Gasteiger partial charge in [0, 0.05) is 10.8 Å². The second-order valence-electron chi connectivity index (χ2n) is 3.84. The lowest BCUT2D eigenvalue weighted by atomic mass is 9.91. The molecule has 2 unspecified atom stereocenters. The van der Waals surface area contributed by atoms with Crippen LogP contribution in [0.3, 0.4) is 0 Å². The largest absolute Gasteiger partial charge is 0.392 e. The molecule has 0 aromatic rings. The Kier molecular flexibility index (Phi) is 2.15. The average molecular weight is 183 g/mol. The van der Waals surface area contributed by atoms with Crippen molar-refractivity contribution in [2.24, 2.45) is 11.0 Å². The summed E-state index contributed by atoms with van der Waals surface area (Å²) in [6.45, 7) is 1.94. The van der Waals surface area contributed by atoms with Gasteiger partial charge in [0.1, 0.15) is 0 Å². The molecule has 0 aromatic heterocycles. The Hall–Kier alpha value is -0.770. The maximum atomic E-state index is 9.80. The second-order valence-corrected chi connectivity index (χ2v) is 3.84. The van der Waals surface area contributed by atoms with Gasteiger partial charge in [-0.15, -0.1) is 0 Å². The summed E-state index contributed by atoms with van der Waals surface area (Å²) >= 11 is 0. The van der Waals surface area contributed by atoms with Crippen LogP contribution in [0.2, 0.25) is 0 Å². The molecule has 13 heavy (non-hydrogen) atoms. The van der Waals surface area contributed by atoms with Crippen LogP contribution in [0.5, 0.6) is 0 Å². The van der Waals surface area contributed by atoms with E-state index in [1.807, 2.05) is 6.92 Å². The summed E-state index contributed by atoms with van der Waals surface area (Å²) < 4.78 is 5.62. The molecule has 5 atom stereocenters. The molecule has 0 aromatic carbocycles. The highest BCUT2D eigenvalue weighted by molar-refractivity contribution is 4.99. The Bertz CT molecular complexity index is 252. The Morgan fingerprint density at radius 3 is 2.85 bits per heavy atom. The van der Waals surface area contributed by atoms with Crippen LogP contribution in [-0.4, -0.2) is 29.5 Å². The Balaban J connectivity index is 2.21. The number of hydrogen-bond acceptors (Lipinski definition) is 3. The maximum Gasteiger partial charge on any atom is 0.0899 e. The first-order chi connectivity index (χ1) is 6.24. The number of ether oxygens (including phenoxy) is 1. The molecule has 2 saturated heterocycles. The van der Waals surface area contributed by atoms with E-state index in [-0.39, 0.29) is 18.1 Å². The van der Waals surface area contributed by atoms with Crippen molar-refractivity contribution in [3.8, 4) is 0 Å². The van der Waals surface area contributed by atoms with E-state index in [0.717, 1.165) is 12.8 Å². The molecular formula is C8H13N3O2. The first-order valence-corrected chi connectivity index (χ1v) is 4.61. The average Bonchev–Trinajstić information content (AvgIpc) is 2.56. The summed E-state index contributed by atoms with van der Waals surface area (Å²) in [5.41, 5.74) is 8.34. The van der Waals surface area contributed by atoms with Gasteiger partial charge in [0.25, 0.3) is 0 Å². The third kappa shape index (κ3) is 1.29. The molecule has 2 rings (SSSR count). The third-order valence-corrected chi connectivity index (χ3v) is 3.13. The lowest BCUT2D eigenvalue weighted by Gasteiger charge is -2.35. The van der Waals surface area contributed by atoms with Crippen molar-refractivity contribution in [2.75, 3.05) is 0 Å². The van der Waals surface area contributed by atoms with Crippen molar-refractivity contribution < 1.29 is 9.84 Å². The van der Waals surface area contributed by atoms with Gasteiger partial charge in [-0.25, -0.2) is 0 Å². The predicted molar refractivity (Wildman–Crippen MR) is 46.0 cm³/mol. The summed E-state index contributed by atoms with van der Waals surface area (Å²) in [5, 5.41) is 13.4. The third-order valence-electron chi connectivity index (χ3n) is 3.13. The zero-order valence-corrected chi connectivity index (χ0v) is 7.50. The molecule has 0 saturated carbocycles. The molecule has 5 heteroatoms. The molecule has 0 radical (unpaired) electrons. The Morgan fingerprint density at radius 2 is 2.15 bits per heavy atom. The van der Waals surface area contributed by atoms with E-state index in [0.29, 0.717) is 0 Å². The summed E-state index contributed by atoms with van der Waals surface area (Å²) in [6, 6.07) is -0.390. The van der Waals surface area contributed by atoms with E-state index in [1.165, 1.54) is 0 Å². The number of azide groups is 1. The Labute approximate surface area is 76.3 Å². The molecule has 0 aliphatic carbocycles. The monoisotopic (exact) mass is 183 g/mol. The minimum atomic E-state index is -0.540. The van der Waals surface area contributed by atoms with Gasteiger partial charge in [0.15, 0.2) is 0 Å². The molecule has 0 amide bonds. The fraction of sp³-hybridized carbons (Fsp3) is 1.00. The van der Waals surface area contributed by atoms with Crippen molar-refractivity contribution in [3.05, 3.63) is 10.4 Å². The zero-order valence-electron chi connectivity index (χ0n) is 7.50. The van der Waals surface area contributed by atoms with Crippen LogP contribution in [0, 0.1) is 5.92 Å². The highest BCUT2D eigenvalue weighted by atomic mass is 16.5. The van der Waals surface area contributed by atoms with Crippen LogP contribution in [0.1, 0.15) is 19.8 Å². The maximum absolute atomic E-state index is 9.80. The predicted octanol–water partition coefficient (Wildman–Crippen LogP) is 1.22. The zero-order chi connectivity index (χ0) is 9.42. The van der Waals surface area contributed by atoms with Gasteiger partial charge in [0.05, 0.1) is 24.4 Å². The lowest BCUT2D eigenvalue weighted by molar-refractivity contribution is -0.104. The minimum absolute atomic E-state index is 0.0629. The normalized spacial score (nSPS) is 48.6. The SMILES string of the molecule is C[C@@H]1C2CC[C@H](O2)C(N=[N+]=[N-])[C@H]1O. The number of fused-ring (bicyclic) bond motifs is 2. The lowest BCUT2D eigenvalue weighted by Crippen LogP contribution is -2.47. The number of hydrogen-bond donors (Lipinski definition) is 1. The van der Waals surface area contributed by atoms with Crippen LogP contribution in [-0.2, 0) is 4.74 Å². The molecule has 2 aliphatic heterocycles. The number of aliphatic hydroxyl groups is 1. The first kappa shape index (κ1) is 8.81. The molecule has 2 heterocycles. The standard InChI is InChI=1S/C8H13N3O2/c1-4-5-2-3-6(13-5)7(8(4)12)10-11-9/h4-8,12H,2-3H2,1H3/t4-,5?,6+,7?,8+/m1/s1. The molecule has 0 spiro atoms. The van der Waals surface area contributed by atoms with Gasteiger partial charge >= 0.3 is 0 Å². The van der Waals surface area contributed by atoms with Gasteiger partial charge in [-0.2, -0.15) is 0 Å². The molecule has 1 N–H and O–H groups in total. The van der Waals surface area contributed by atoms with Crippen LogP contribution in [0.25, 0.3) is 10.4 Å². The van der Waals surface area contributed by atoms with Gasteiger partial charge in [-0.1, -0.05) is 12.0 Å². The van der Waals surface area contributed by atoms with Crippen molar-refractivity contribution >= 4 is 0 Å². The highest BCUT2D eigenvalue weighted by Crippen LogP contribution is 2.37. The summed E-state index contributed by atoms with van der Waals surface area (Å²) in [5.74, 6) is 0.0780. The summed E-state index contributed by atoms with van der Waals surface area (Å²) in [4.78, 5) is 2.75. The molecular weight excluding hydrogens is 170 g/mol. The van der Waals surface area contributed by atoms with Gasteiger partial charge in [0.2, 0.25) is 0 Å². The topological polar surface area (TPSA) is 78.2 Å². The van der Waals surface area contributed by atoms with E-state index in [9.17, 15) is 5.11 Å². The Morgan fingerprint density at radius 1 is 1.46 bits per heavy atom. The van der Waals surface area contributed by atoms with E-state index in [4.69, 9.17) is 10.3 Å². The molecule has 2 fully saturated rings. The van der Waals surface area contributed by atoms with Crippen LogP contribution in [0.15, 0.2) is 5.11 Å². The van der Waals surface area contributed by atoms with E-state index in [2.05, 4.69) is 10.0 Å². The molecule has 5 nitrogen and oxygen atoms in total. The van der Waals surface area contributed by atoms with Gasteiger partial charge < -0.3 is 9.84 Å². The summed E-state index contributed by atoms with van der Waals surface area (Å²) in [7, 11) is 0. The molecule has 72 valence electrons. The van der Waals surface area contributed by atoms with E-state index >= 15 is 0 Å². The van der Waals surface area contributed by atoms with E-state index in [1.54, 1.807) is 0 Å². The first-order valence-electron chi connectivity index (χ1n) is 4.61. The van der Waals surface area contributed by atoms with Crippen LogP contribution >= 0.6 is 0 Å². The van der Waals surface area contributed by atoms with Crippen molar-refractivity contribution in [3.63, 3.8) is 0 Å². The van der Waals surface area contributed by atoms with Gasteiger partial charge in [-0.3, -0.25) is 0 Å². The van der Waals surface area contributed by atoms with Crippen molar-refractivity contribution in [2.45, 2.75) is 44.1 Å². The number of nitrogens with zero attached hydrogens (tertiary/aromatic N) is 3. The minimum Gasteiger partial charge on any atom is -0.392 e. The molecule has 2 aliphatic rings. The smallest absolute Gasteiger partial charge is 0.0899 e. The second kappa shape index (κ2) is 3.18. The van der Waals surface area contributed by atoms with Crippen LogP contribution in [0.4, 0.5) is 0 Å².